The van der Waals surface area contributed by atoms with Crippen LogP contribution >= 0.6 is 23.6 Å². The van der Waals surface area contributed by atoms with E-state index < -0.39 is 0 Å². The van der Waals surface area contributed by atoms with Crippen molar-refractivity contribution in [2.75, 3.05) is 0 Å². The molecule has 2 N–H and O–H groups in total. The van der Waals surface area contributed by atoms with Gasteiger partial charge in [-0.2, -0.15) is 4.98 Å². The molecule has 0 aliphatic heterocycles. The molecule has 0 aromatic carbocycles. The number of hydrogen-bond donors (Lipinski definition) is 2. The highest BCUT2D eigenvalue weighted by Gasteiger charge is 2.13. The lowest BCUT2D eigenvalue weighted by Gasteiger charge is -2.06. The number of thiazole rings is 1. The lowest BCUT2D eigenvalue weighted by molar-refractivity contribution is 0.637. The lowest BCUT2D eigenvalue weighted by atomic mass is 10.1. The highest BCUT2D eigenvalue weighted by Crippen LogP contribution is 2.30. The standard InChI is InChI=1S/C10H14N4S2/c1-3-6(4-2)9-11-5-7(16-9)8-12-10(15)14-13-8/h5-6H,3-4H2,1-2H3,(H2,12,13,14,15). The van der Waals surface area contributed by atoms with E-state index in [0.717, 1.165) is 23.5 Å². The Morgan fingerprint density at radius 3 is 2.69 bits per heavy atom. The molecule has 0 atom stereocenters. The summed E-state index contributed by atoms with van der Waals surface area (Å²) < 4.78 is 0.479. The van der Waals surface area contributed by atoms with Crippen LogP contribution < -0.4 is 0 Å². The van der Waals surface area contributed by atoms with Crippen LogP contribution in [0.3, 0.4) is 0 Å². The lowest BCUT2D eigenvalue weighted by Crippen LogP contribution is -1.92. The van der Waals surface area contributed by atoms with Gasteiger partial charge >= 0.3 is 0 Å². The number of nitrogens with one attached hydrogen (secondary N) is 2. The van der Waals surface area contributed by atoms with Gasteiger partial charge in [0.05, 0.1) is 9.88 Å². The third-order valence-electron chi connectivity index (χ3n) is 2.59. The second-order valence-electron chi connectivity index (χ2n) is 3.59. The van der Waals surface area contributed by atoms with Crippen LogP contribution in [-0.4, -0.2) is 20.2 Å². The Balaban J connectivity index is 2.28. The summed E-state index contributed by atoms with van der Waals surface area (Å²) in [5.74, 6) is 1.33. The first-order valence-corrected chi connectivity index (χ1v) is 6.57. The Bertz CT molecular complexity index is 507. The van der Waals surface area contributed by atoms with Gasteiger partial charge in [-0.05, 0) is 25.1 Å². The van der Waals surface area contributed by atoms with E-state index in [0.29, 0.717) is 10.7 Å². The molecule has 6 heteroatoms. The largest absolute Gasteiger partial charge is 0.281 e. The van der Waals surface area contributed by atoms with E-state index in [1.54, 1.807) is 11.3 Å². The fourth-order valence-corrected chi connectivity index (χ4v) is 2.88. The Labute approximate surface area is 103 Å². The second-order valence-corrected chi connectivity index (χ2v) is 5.04. The highest BCUT2D eigenvalue weighted by atomic mass is 32.1. The average molecular weight is 254 g/mol. The first-order valence-electron chi connectivity index (χ1n) is 5.35. The van der Waals surface area contributed by atoms with Gasteiger partial charge in [0, 0.05) is 12.1 Å². The van der Waals surface area contributed by atoms with Gasteiger partial charge in [-0.25, -0.2) is 4.98 Å². The minimum Gasteiger partial charge on any atom is -0.281 e. The normalized spacial score (nSPS) is 11.2. The fourth-order valence-electron chi connectivity index (χ4n) is 1.61. The quantitative estimate of drug-likeness (QED) is 0.821. The summed E-state index contributed by atoms with van der Waals surface area (Å²) in [6.45, 7) is 4.38. The summed E-state index contributed by atoms with van der Waals surface area (Å²) >= 11 is 6.61. The smallest absolute Gasteiger partial charge is 0.213 e. The number of aromatic nitrogens is 4. The van der Waals surface area contributed by atoms with Crippen molar-refractivity contribution >= 4 is 23.6 Å². The Kier molecular flexibility index (Phi) is 3.50. The SMILES string of the molecule is CCC(CC)c1ncc(-c2nc(=S)[nH][nH]2)s1. The number of hydrogen-bond acceptors (Lipinski definition) is 4. The molecule has 0 bridgehead atoms. The van der Waals surface area contributed by atoms with Crippen LogP contribution in [0.5, 0.6) is 0 Å². The van der Waals surface area contributed by atoms with Crippen molar-refractivity contribution in [3.8, 4) is 10.7 Å². The van der Waals surface area contributed by atoms with Crippen molar-refractivity contribution in [2.24, 2.45) is 0 Å². The molecule has 0 fully saturated rings. The van der Waals surface area contributed by atoms with Gasteiger partial charge in [-0.15, -0.1) is 11.3 Å². The van der Waals surface area contributed by atoms with Gasteiger partial charge in [-0.1, -0.05) is 13.8 Å². The molecule has 0 saturated carbocycles. The Morgan fingerprint density at radius 2 is 2.12 bits per heavy atom. The van der Waals surface area contributed by atoms with E-state index in [1.807, 2.05) is 6.20 Å². The molecular formula is C10H14N4S2. The zero-order valence-corrected chi connectivity index (χ0v) is 10.9. The molecule has 0 unspecified atom stereocenters. The molecular weight excluding hydrogens is 240 g/mol. The van der Waals surface area contributed by atoms with Gasteiger partial charge in [0.15, 0.2) is 5.82 Å². The zero-order chi connectivity index (χ0) is 11.5. The summed E-state index contributed by atoms with van der Waals surface area (Å²) in [7, 11) is 0. The predicted octanol–water partition coefficient (Wildman–Crippen LogP) is 3.49. The Hall–Kier alpha value is -1.01. The van der Waals surface area contributed by atoms with Gasteiger partial charge in [-0.3, -0.25) is 10.2 Å². The molecule has 0 aliphatic carbocycles. The molecule has 2 heterocycles. The number of H-pyrrole nitrogens is 2. The van der Waals surface area contributed by atoms with E-state index >= 15 is 0 Å². The maximum Gasteiger partial charge on any atom is 0.213 e. The Morgan fingerprint density at radius 1 is 1.38 bits per heavy atom. The van der Waals surface area contributed by atoms with E-state index in [2.05, 4.69) is 34.0 Å². The number of aromatic amines is 2. The molecule has 4 nitrogen and oxygen atoms in total. The second kappa shape index (κ2) is 4.88. The van der Waals surface area contributed by atoms with Crippen LogP contribution in [0.2, 0.25) is 0 Å². The van der Waals surface area contributed by atoms with E-state index in [-0.39, 0.29) is 0 Å². The summed E-state index contributed by atoms with van der Waals surface area (Å²) in [5.41, 5.74) is 0. The van der Waals surface area contributed by atoms with Crippen LogP contribution in [0.4, 0.5) is 0 Å². The van der Waals surface area contributed by atoms with E-state index in [4.69, 9.17) is 12.2 Å². The van der Waals surface area contributed by atoms with Crippen LogP contribution in [0, 0.1) is 4.77 Å². The zero-order valence-electron chi connectivity index (χ0n) is 9.28. The fraction of sp³-hybridized carbons (Fsp3) is 0.500. The molecule has 2 aromatic rings. The van der Waals surface area contributed by atoms with E-state index in [9.17, 15) is 0 Å². The van der Waals surface area contributed by atoms with Crippen LogP contribution in [0.15, 0.2) is 6.20 Å². The van der Waals surface area contributed by atoms with Crippen molar-refractivity contribution in [2.45, 2.75) is 32.6 Å². The minimum absolute atomic E-state index is 0.479. The molecule has 0 amide bonds. The summed E-state index contributed by atoms with van der Waals surface area (Å²) in [6.07, 6.45) is 4.11. The van der Waals surface area contributed by atoms with Gasteiger partial charge in [0.2, 0.25) is 4.77 Å². The van der Waals surface area contributed by atoms with Crippen LogP contribution in [0.25, 0.3) is 10.7 Å². The molecule has 16 heavy (non-hydrogen) atoms. The topological polar surface area (TPSA) is 57.4 Å². The summed E-state index contributed by atoms with van der Waals surface area (Å²) in [5, 5.41) is 6.91. The van der Waals surface area contributed by atoms with Crippen molar-refractivity contribution in [3.05, 3.63) is 16.0 Å². The molecule has 86 valence electrons. The summed E-state index contributed by atoms with van der Waals surface area (Å²) in [4.78, 5) is 9.67. The molecule has 2 aromatic heterocycles. The molecule has 0 aliphatic rings. The number of nitrogens with zero attached hydrogens (tertiary/aromatic N) is 2. The third-order valence-corrected chi connectivity index (χ3v) is 3.95. The molecule has 0 spiro atoms. The minimum atomic E-state index is 0.479. The number of rotatable bonds is 4. The van der Waals surface area contributed by atoms with Crippen molar-refractivity contribution in [3.63, 3.8) is 0 Å². The predicted molar refractivity (Wildman–Crippen MR) is 68.2 cm³/mol. The van der Waals surface area contributed by atoms with Crippen LogP contribution in [-0.2, 0) is 0 Å². The van der Waals surface area contributed by atoms with Crippen molar-refractivity contribution < 1.29 is 0 Å². The van der Waals surface area contributed by atoms with E-state index in [1.165, 1.54) is 5.01 Å². The third kappa shape index (κ3) is 2.22. The molecule has 0 radical (unpaired) electrons. The monoisotopic (exact) mass is 254 g/mol. The average Bonchev–Trinajstić information content (AvgIpc) is 2.89. The molecule has 2 rings (SSSR count). The summed E-state index contributed by atoms with van der Waals surface area (Å²) in [6, 6.07) is 0. The van der Waals surface area contributed by atoms with Crippen LogP contribution in [0.1, 0.15) is 37.6 Å². The van der Waals surface area contributed by atoms with Crippen molar-refractivity contribution in [1.82, 2.24) is 20.2 Å². The van der Waals surface area contributed by atoms with Gasteiger partial charge in [0.25, 0.3) is 0 Å². The maximum atomic E-state index is 4.92. The maximum absolute atomic E-state index is 4.92. The first-order chi connectivity index (χ1) is 7.74. The molecule has 0 saturated heterocycles. The van der Waals surface area contributed by atoms with Crippen molar-refractivity contribution in [1.29, 1.82) is 0 Å². The van der Waals surface area contributed by atoms with Gasteiger partial charge < -0.3 is 0 Å². The first kappa shape index (κ1) is 11.5. The highest BCUT2D eigenvalue weighted by molar-refractivity contribution is 7.71. The van der Waals surface area contributed by atoms with Gasteiger partial charge in [0.1, 0.15) is 0 Å².